The number of carboxylic acids is 1. The number of carboxylic acid groups (broad SMARTS) is 1. The molecule has 0 unspecified atom stereocenters. The zero-order chi connectivity index (χ0) is 15.4. The lowest BCUT2D eigenvalue weighted by atomic mass is 10.3. The number of halogens is 1. The maximum absolute atomic E-state index is 12.0. The third kappa shape index (κ3) is 4.37. The molecule has 6 nitrogen and oxygen atoms in total. The zero-order valence-corrected chi connectivity index (χ0v) is 13.2. The summed E-state index contributed by atoms with van der Waals surface area (Å²) in [6.45, 7) is 1.16. The van der Waals surface area contributed by atoms with Crippen molar-refractivity contribution >= 4 is 27.5 Å². The molecule has 0 bridgehead atoms. The number of pyridine rings is 1. The van der Waals surface area contributed by atoms with Gasteiger partial charge in [0.2, 0.25) is 0 Å². The van der Waals surface area contributed by atoms with E-state index in [0.29, 0.717) is 30.9 Å². The van der Waals surface area contributed by atoms with Gasteiger partial charge in [0.15, 0.2) is 0 Å². The molecule has 0 atom stereocenters. The number of rotatable bonds is 6. The van der Waals surface area contributed by atoms with Crippen molar-refractivity contribution in [2.75, 3.05) is 13.6 Å². The third-order valence-corrected chi connectivity index (χ3v) is 3.51. The second-order valence-corrected chi connectivity index (χ2v) is 5.81. The SMILES string of the molecule is CN(CCCC(=O)O)Cc1cc(=O)n2cc(Br)ccc2n1. The molecule has 0 saturated carbocycles. The number of hydrogen-bond acceptors (Lipinski definition) is 4. The Labute approximate surface area is 130 Å². The molecule has 0 radical (unpaired) electrons. The molecular formula is C14H16BrN3O3. The summed E-state index contributed by atoms with van der Waals surface area (Å²) in [4.78, 5) is 28.9. The van der Waals surface area contributed by atoms with Gasteiger partial charge in [-0.05, 0) is 48.1 Å². The topological polar surface area (TPSA) is 74.9 Å². The molecule has 0 aliphatic rings. The highest BCUT2D eigenvalue weighted by Crippen LogP contribution is 2.10. The van der Waals surface area contributed by atoms with E-state index in [1.807, 2.05) is 18.0 Å². The molecule has 0 spiro atoms. The van der Waals surface area contributed by atoms with E-state index in [0.717, 1.165) is 4.47 Å². The minimum atomic E-state index is -0.795. The average molecular weight is 354 g/mol. The minimum Gasteiger partial charge on any atom is -0.481 e. The van der Waals surface area contributed by atoms with Crippen LogP contribution in [-0.2, 0) is 11.3 Å². The van der Waals surface area contributed by atoms with E-state index >= 15 is 0 Å². The Kier molecular flexibility index (Phi) is 5.08. The van der Waals surface area contributed by atoms with Crippen LogP contribution in [0.15, 0.2) is 33.7 Å². The van der Waals surface area contributed by atoms with Gasteiger partial charge in [-0.3, -0.25) is 14.0 Å². The van der Waals surface area contributed by atoms with Gasteiger partial charge in [-0.25, -0.2) is 4.98 Å². The highest BCUT2D eigenvalue weighted by molar-refractivity contribution is 9.10. The van der Waals surface area contributed by atoms with Gasteiger partial charge in [-0.2, -0.15) is 0 Å². The maximum Gasteiger partial charge on any atom is 0.303 e. The Morgan fingerprint density at radius 1 is 1.48 bits per heavy atom. The van der Waals surface area contributed by atoms with Crippen LogP contribution in [0.25, 0.3) is 5.65 Å². The van der Waals surface area contributed by atoms with Gasteiger partial charge in [0.25, 0.3) is 5.56 Å². The first-order valence-electron chi connectivity index (χ1n) is 6.54. The van der Waals surface area contributed by atoms with E-state index in [-0.39, 0.29) is 12.0 Å². The Balaban J connectivity index is 2.10. The molecule has 0 amide bonds. The molecule has 1 N–H and O–H groups in total. The van der Waals surface area contributed by atoms with Gasteiger partial charge >= 0.3 is 5.97 Å². The Morgan fingerprint density at radius 2 is 2.24 bits per heavy atom. The molecule has 0 aliphatic carbocycles. The number of nitrogens with zero attached hydrogens (tertiary/aromatic N) is 3. The van der Waals surface area contributed by atoms with E-state index < -0.39 is 5.97 Å². The third-order valence-electron chi connectivity index (χ3n) is 3.04. The smallest absolute Gasteiger partial charge is 0.303 e. The van der Waals surface area contributed by atoms with Crippen LogP contribution < -0.4 is 5.56 Å². The van der Waals surface area contributed by atoms with Crippen LogP contribution in [0.4, 0.5) is 0 Å². The molecule has 2 heterocycles. The molecule has 112 valence electrons. The van der Waals surface area contributed by atoms with Crippen molar-refractivity contribution < 1.29 is 9.90 Å². The summed E-state index contributed by atoms with van der Waals surface area (Å²) in [5.74, 6) is -0.795. The largest absolute Gasteiger partial charge is 0.481 e. The molecule has 2 aromatic rings. The summed E-state index contributed by atoms with van der Waals surface area (Å²) < 4.78 is 2.30. The first-order valence-corrected chi connectivity index (χ1v) is 7.33. The van der Waals surface area contributed by atoms with E-state index in [2.05, 4.69) is 20.9 Å². The van der Waals surface area contributed by atoms with Crippen molar-refractivity contribution in [2.45, 2.75) is 19.4 Å². The first kappa shape index (κ1) is 15.7. The van der Waals surface area contributed by atoms with Gasteiger partial charge in [0, 0.05) is 29.7 Å². The average Bonchev–Trinajstić information content (AvgIpc) is 2.39. The number of fused-ring (bicyclic) bond motifs is 1. The van der Waals surface area contributed by atoms with E-state index in [4.69, 9.17) is 5.11 Å². The predicted octanol–water partition coefficient (Wildman–Crippen LogP) is 1.75. The molecule has 21 heavy (non-hydrogen) atoms. The lowest BCUT2D eigenvalue weighted by Gasteiger charge is -2.15. The summed E-state index contributed by atoms with van der Waals surface area (Å²) in [5, 5.41) is 8.61. The van der Waals surface area contributed by atoms with Crippen molar-refractivity contribution in [1.29, 1.82) is 0 Å². The van der Waals surface area contributed by atoms with Gasteiger partial charge in [0.05, 0.1) is 5.69 Å². The molecule has 0 aromatic carbocycles. The summed E-state index contributed by atoms with van der Waals surface area (Å²) in [6, 6.07) is 5.12. The normalized spacial score (nSPS) is 11.2. The Morgan fingerprint density at radius 3 is 2.95 bits per heavy atom. The van der Waals surface area contributed by atoms with Gasteiger partial charge in [-0.1, -0.05) is 0 Å². The number of aliphatic carboxylic acids is 1. The van der Waals surface area contributed by atoms with Crippen LogP contribution >= 0.6 is 15.9 Å². The van der Waals surface area contributed by atoms with Crippen molar-refractivity contribution in [3.8, 4) is 0 Å². The number of hydrogen-bond donors (Lipinski definition) is 1. The van der Waals surface area contributed by atoms with Crippen LogP contribution in [0.1, 0.15) is 18.5 Å². The molecule has 0 saturated heterocycles. The number of carbonyl (C=O) groups is 1. The highest BCUT2D eigenvalue weighted by Gasteiger charge is 2.07. The fourth-order valence-corrected chi connectivity index (χ4v) is 2.40. The quantitative estimate of drug-likeness (QED) is 0.856. The van der Waals surface area contributed by atoms with Gasteiger partial charge < -0.3 is 10.0 Å². The molecule has 7 heteroatoms. The highest BCUT2D eigenvalue weighted by atomic mass is 79.9. The standard InChI is InChI=1S/C14H16BrN3O3/c1-17(6-2-3-14(20)21)9-11-7-13(19)18-8-10(15)4-5-12(18)16-11/h4-5,7-8H,2-3,6,9H2,1H3,(H,20,21). The van der Waals surface area contributed by atoms with E-state index in [1.165, 1.54) is 10.5 Å². The molecule has 2 rings (SSSR count). The molecule has 0 aliphatic heterocycles. The summed E-state index contributed by atoms with van der Waals surface area (Å²) in [7, 11) is 1.88. The van der Waals surface area contributed by atoms with Crippen molar-refractivity contribution in [3.63, 3.8) is 0 Å². The monoisotopic (exact) mass is 353 g/mol. The van der Waals surface area contributed by atoms with Crippen LogP contribution in [0.2, 0.25) is 0 Å². The molecule has 2 aromatic heterocycles. The Hall–Kier alpha value is -1.73. The van der Waals surface area contributed by atoms with Crippen molar-refractivity contribution in [3.05, 3.63) is 44.9 Å². The Bertz CT molecular complexity index is 714. The van der Waals surface area contributed by atoms with Crippen molar-refractivity contribution in [1.82, 2.24) is 14.3 Å². The summed E-state index contributed by atoms with van der Waals surface area (Å²) in [5.41, 5.74) is 1.15. The van der Waals surface area contributed by atoms with Crippen LogP contribution in [0.5, 0.6) is 0 Å². The van der Waals surface area contributed by atoms with E-state index in [1.54, 1.807) is 12.3 Å². The fourth-order valence-electron chi connectivity index (χ4n) is 2.06. The van der Waals surface area contributed by atoms with Crippen LogP contribution in [-0.4, -0.2) is 39.0 Å². The fraction of sp³-hybridized carbons (Fsp3) is 0.357. The minimum absolute atomic E-state index is 0.129. The van der Waals surface area contributed by atoms with Crippen LogP contribution in [0, 0.1) is 0 Å². The summed E-state index contributed by atoms with van der Waals surface area (Å²) >= 11 is 3.32. The zero-order valence-electron chi connectivity index (χ0n) is 11.6. The van der Waals surface area contributed by atoms with E-state index in [9.17, 15) is 9.59 Å². The predicted molar refractivity (Wildman–Crippen MR) is 82.4 cm³/mol. The lowest BCUT2D eigenvalue weighted by Crippen LogP contribution is -2.23. The molecular weight excluding hydrogens is 338 g/mol. The summed E-state index contributed by atoms with van der Waals surface area (Å²) in [6.07, 6.45) is 2.41. The maximum atomic E-state index is 12.0. The first-order chi connectivity index (χ1) is 9.95. The second-order valence-electron chi connectivity index (χ2n) is 4.90. The molecule has 0 fully saturated rings. The lowest BCUT2D eigenvalue weighted by molar-refractivity contribution is -0.137. The van der Waals surface area contributed by atoms with Gasteiger partial charge in [0.1, 0.15) is 5.65 Å². The van der Waals surface area contributed by atoms with Crippen LogP contribution in [0.3, 0.4) is 0 Å². The number of aromatic nitrogens is 2. The second kappa shape index (κ2) is 6.82. The van der Waals surface area contributed by atoms with Gasteiger partial charge in [-0.15, -0.1) is 0 Å². The van der Waals surface area contributed by atoms with Crippen molar-refractivity contribution in [2.24, 2.45) is 0 Å².